The Bertz CT molecular complexity index is 553. The number of nitro benzene ring substituents is 1. The molecule has 1 aromatic rings. The quantitative estimate of drug-likeness (QED) is 0.482. The second-order valence-corrected chi connectivity index (χ2v) is 6.33. The molecule has 0 aliphatic heterocycles. The molecule has 0 heterocycles. The third-order valence-electron chi connectivity index (χ3n) is 2.40. The molecular weight excluding hydrogens is 278 g/mol. The van der Waals surface area contributed by atoms with E-state index in [4.69, 9.17) is 0 Å². The molecule has 0 radical (unpaired) electrons. The van der Waals surface area contributed by atoms with Gasteiger partial charge in [-0.25, -0.2) is 8.42 Å². The van der Waals surface area contributed by atoms with Gasteiger partial charge in [0, 0.05) is 12.1 Å². The minimum Gasteiger partial charge on any atom is -0.377 e. The number of thiol groups is 1. The summed E-state index contributed by atoms with van der Waals surface area (Å²) in [6.07, 6.45) is 0.350. The summed E-state index contributed by atoms with van der Waals surface area (Å²) in [5.74, 6) is 0.403. The fourth-order valence-electron chi connectivity index (χ4n) is 1.43. The highest BCUT2D eigenvalue weighted by molar-refractivity contribution is 7.91. The zero-order chi connectivity index (χ0) is 13.9. The van der Waals surface area contributed by atoms with Crippen molar-refractivity contribution in [2.75, 3.05) is 5.75 Å². The van der Waals surface area contributed by atoms with Gasteiger partial charge in [0.25, 0.3) is 5.69 Å². The Kier molecular flexibility index (Phi) is 4.71. The Morgan fingerprint density at radius 3 is 2.56 bits per heavy atom. The van der Waals surface area contributed by atoms with Crippen molar-refractivity contribution in [2.24, 2.45) is 0 Å². The van der Waals surface area contributed by atoms with E-state index in [0.29, 0.717) is 17.7 Å². The molecule has 100 valence electrons. The fourth-order valence-corrected chi connectivity index (χ4v) is 2.86. The van der Waals surface area contributed by atoms with Gasteiger partial charge in [-0.3, -0.25) is 10.1 Å². The molecule has 0 fully saturated rings. The number of benzene rings is 1. The van der Waals surface area contributed by atoms with Crippen molar-refractivity contribution in [1.82, 2.24) is 0 Å². The van der Waals surface area contributed by atoms with E-state index in [9.17, 15) is 23.6 Å². The molecule has 0 spiro atoms. The van der Waals surface area contributed by atoms with Crippen LogP contribution in [0.15, 0.2) is 23.1 Å². The molecule has 6 nitrogen and oxygen atoms in total. The molecule has 1 atom stereocenters. The standard InChI is InChI=1S/C10H13NO5S2/c1-7(12)18(15,16)10-6-9(11(13)14)3-2-8(10)4-5-17/h2-3,6-7,12,17H,4-5H2,1H3. The first kappa shape index (κ1) is 14.9. The molecule has 0 saturated heterocycles. The van der Waals surface area contributed by atoms with Crippen LogP contribution in [0.1, 0.15) is 12.5 Å². The zero-order valence-corrected chi connectivity index (χ0v) is 11.3. The number of nitrogens with zero attached hydrogens (tertiary/aromatic N) is 1. The molecule has 0 saturated carbocycles. The van der Waals surface area contributed by atoms with Gasteiger partial charge in [-0.1, -0.05) is 6.07 Å². The van der Waals surface area contributed by atoms with Crippen LogP contribution in [0.5, 0.6) is 0 Å². The van der Waals surface area contributed by atoms with E-state index in [0.717, 1.165) is 13.0 Å². The first-order valence-corrected chi connectivity index (χ1v) is 7.28. The number of aliphatic hydroxyl groups is 1. The summed E-state index contributed by atoms with van der Waals surface area (Å²) in [6.45, 7) is 1.11. The molecule has 0 aromatic heterocycles. The number of hydrogen-bond donors (Lipinski definition) is 2. The maximum Gasteiger partial charge on any atom is 0.270 e. The fraction of sp³-hybridized carbons (Fsp3) is 0.400. The minimum atomic E-state index is -3.97. The van der Waals surface area contributed by atoms with Crippen LogP contribution < -0.4 is 0 Å². The number of non-ortho nitro benzene ring substituents is 1. The van der Waals surface area contributed by atoms with Gasteiger partial charge in [-0.15, -0.1) is 0 Å². The maximum absolute atomic E-state index is 11.9. The Hall–Kier alpha value is -1.12. The largest absolute Gasteiger partial charge is 0.377 e. The molecule has 1 unspecified atom stereocenters. The molecule has 0 bridgehead atoms. The van der Waals surface area contributed by atoms with Crippen molar-refractivity contribution in [2.45, 2.75) is 23.7 Å². The van der Waals surface area contributed by atoms with Crippen LogP contribution >= 0.6 is 12.6 Å². The van der Waals surface area contributed by atoms with Crippen LogP contribution in [0.3, 0.4) is 0 Å². The molecule has 0 amide bonds. The van der Waals surface area contributed by atoms with Crippen LogP contribution in [-0.2, 0) is 16.3 Å². The number of aryl methyl sites for hydroxylation is 1. The van der Waals surface area contributed by atoms with E-state index >= 15 is 0 Å². The van der Waals surface area contributed by atoms with Gasteiger partial charge < -0.3 is 5.11 Å². The minimum absolute atomic E-state index is 0.208. The monoisotopic (exact) mass is 291 g/mol. The van der Waals surface area contributed by atoms with E-state index in [-0.39, 0.29) is 10.6 Å². The predicted molar refractivity (Wildman–Crippen MR) is 69.5 cm³/mol. The van der Waals surface area contributed by atoms with Gasteiger partial charge in [0.15, 0.2) is 5.44 Å². The molecule has 8 heteroatoms. The van der Waals surface area contributed by atoms with Gasteiger partial charge >= 0.3 is 0 Å². The third kappa shape index (κ3) is 3.01. The van der Waals surface area contributed by atoms with Gasteiger partial charge in [-0.05, 0) is 24.7 Å². The normalized spacial score (nSPS) is 13.3. The summed E-state index contributed by atoms with van der Waals surface area (Å²) in [6, 6.07) is 3.59. The number of nitro groups is 1. The molecule has 1 aromatic carbocycles. The highest BCUT2D eigenvalue weighted by Crippen LogP contribution is 2.25. The van der Waals surface area contributed by atoms with Crippen LogP contribution in [0.4, 0.5) is 5.69 Å². The summed E-state index contributed by atoms with van der Waals surface area (Å²) in [5.41, 5.74) is -1.52. The highest BCUT2D eigenvalue weighted by Gasteiger charge is 2.26. The van der Waals surface area contributed by atoms with Crippen molar-refractivity contribution in [3.05, 3.63) is 33.9 Å². The predicted octanol–water partition coefficient (Wildman–Crippen LogP) is 1.18. The lowest BCUT2D eigenvalue weighted by atomic mass is 10.1. The lowest BCUT2D eigenvalue weighted by molar-refractivity contribution is -0.385. The third-order valence-corrected chi connectivity index (χ3v) is 4.51. The summed E-state index contributed by atoms with van der Waals surface area (Å²) in [4.78, 5) is 9.77. The SMILES string of the molecule is CC(O)S(=O)(=O)c1cc([N+](=O)[O-])ccc1CCS. The Balaban J connectivity index is 3.46. The van der Waals surface area contributed by atoms with Gasteiger partial charge in [0.1, 0.15) is 0 Å². The smallest absolute Gasteiger partial charge is 0.270 e. The number of aliphatic hydroxyl groups excluding tert-OH is 1. The second-order valence-electron chi connectivity index (χ2n) is 3.67. The summed E-state index contributed by atoms with van der Waals surface area (Å²) >= 11 is 4.00. The van der Waals surface area contributed by atoms with Gasteiger partial charge in [0.05, 0.1) is 9.82 Å². The average molecular weight is 291 g/mol. The number of sulfone groups is 1. The summed E-state index contributed by atoms with van der Waals surface area (Å²) < 4.78 is 23.8. The van der Waals surface area contributed by atoms with E-state index in [1.807, 2.05) is 0 Å². The molecular formula is C10H13NO5S2. The zero-order valence-electron chi connectivity index (χ0n) is 9.61. The Labute approximate surface area is 110 Å². The molecule has 0 aliphatic rings. The van der Waals surface area contributed by atoms with Gasteiger partial charge in [-0.2, -0.15) is 12.6 Å². The molecule has 18 heavy (non-hydrogen) atoms. The number of rotatable bonds is 5. The van der Waals surface area contributed by atoms with Crippen molar-refractivity contribution in [1.29, 1.82) is 0 Å². The second kappa shape index (κ2) is 5.68. The number of hydrogen-bond acceptors (Lipinski definition) is 6. The Morgan fingerprint density at radius 2 is 2.11 bits per heavy atom. The lowest BCUT2D eigenvalue weighted by Gasteiger charge is -2.11. The van der Waals surface area contributed by atoms with E-state index < -0.39 is 20.2 Å². The molecule has 1 N–H and O–H groups in total. The van der Waals surface area contributed by atoms with E-state index in [1.54, 1.807) is 0 Å². The van der Waals surface area contributed by atoms with Crippen LogP contribution in [0, 0.1) is 10.1 Å². The highest BCUT2D eigenvalue weighted by atomic mass is 32.2. The van der Waals surface area contributed by atoms with Crippen LogP contribution in [-0.4, -0.2) is 29.6 Å². The molecule has 1 rings (SSSR count). The Morgan fingerprint density at radius 1 is 1.50 bits per heavy atom. The first-order chi connectivity index (χ1) is 8.30. The van der Waals surface area contributed by atoms with E-state index in [2.05, 4.69) is 12.6 Å². The summed E-state index contributed by atoms with van der Waals surface area (Å²) in [7, 11) is -3.97. The first-order valence-electron chi connectivity index (χ1n) is 5.11. The summed E-state index contributed by atoms with van der Waals surface area (Å²) in [5, 5.41) is 19.9. The van der Waals surface area contributed by atoms with Gasteiger partial charge in [0.2, 0.25) is 9.84 Å². The van der Waals surface area contributed by atoms with Crippen molar-refractivity contribution in [3.63, 3.8) is 0 Å². The maximum atomic E-state index is 11.9. The van der Waals surface area contributed by atoms with E-state index in [1.165, 1.54) is 12.1 Å². The van der Waals surface area contributed by atoms with Crippen LogP contribution in [0.25, 0.3) is 0 Å². The molecule has 0 aliphatic carbocycles. The van der Waals surface area contributed by atoms with Crippen molar-refractivity contribution in [3.8, 4) is 0 Å². The average Bonchev–Trinajstić information content (AvgIpc) is 2.29. The lowest BCUT2D eigenvalue weighted by Crippen LogP contribution is -2.19. The van der Waals surface area contributed by atoms with Crippen LogP contribution in [0.2, 0.25) is 0 Å². The van der Waals surface area contributed by atoms with Crippen molar-refractivity contribution >= 4 is 28.2 Å². The topological polar surface area (TPSA) is 97.5 Å². The van der Waals surface area contributed by atoms with Crippen molar-refractivity contribution < 1.29 is 18.4 Å².